The molecule has 0 unspecified atom stereocenters. The van der Waals surface area contributed by atoms with Crippen LogP contribution in [0.3, 0.4) is 0 Å². The van der Waals surface area contributed by atoms with Crippen LogP contribution in [0.4, 0.5) is 0 Å². The number of piperazine rings is 1. The Balaban J connectivity index is 1.62. The van der Waals surface area contributed by atoms with Gasteiger partial charge in [0.25, 0.3) is 0 Å². The van der Waals surface area contributed by atoms with E-state index in [0.29, 0.717) is 12.1 Å². The van der Waals surface area contributed by atoms with Crippen LogP contribution in [-0.4, -0.2) is 73.7 Å². The Bertz CT molecular complexity index is 649. The number of allylic oxidation sites excluding steroid dienone is 1. The van der Waals surface area contributed by atoms with Crippen LogP contribution in [0.1, 0.15) is 24.0 Å². The second-order valence-corrected chi connectivity index (χ2v) is 8.19. The molecule has 0 amide bonds. The smallest absolute Gasteiger partial charge is 0.123 e. The maximum absolute atomic E-state index is 5.79. The number of hydrogen-bond acceptors (Lipinski definition) is 4. The van der Waals surface area contributed by atoms with Crippen LogP contribution in [0.25, 0.3) is 0 Å². The van der Waals surface area contributed by atoms with Crippen molar-refractivity contribution >= 4 is 0 Å². The normalized spacial score (nSPS) is 21.3. The van der Waals surface area contributed by atoms with Crippen molar-refractivity contribution < 1.29 is 4.74 Å². The van der Waals surface area contributed by atoms with Gasteiger partial charge in [-0.25, -0.2) is 0 Å². The van der Waals surface area contributed by atoms with Crippen molar-refractivity contribution in [3.8, 4) is 5.75 Å². The highest BCUT2D eigenvalue weighted by Gasteiger charge is 2.41. The maximum Gasteiger partial charge on any atom is 0.123 e. The molecule has 0 saturated carbocycles. The molecule has 0 aromatic heterocycles. The van der Waals surface area contributed by atoms with Crippen LogP contribution in [-0.2, 0) is 13.0 Å². The highest BCUT2D eigenvalue weighted by molar-refractivity contribution is 5.38. The second kappa shape index (κ2) is 9.05. The van der Waals surface area contributed by atoms with E-state index < -0.39 is 0 Å². The predicted octanol–water partition coefficient (Wildman–Crippen LogP) is 3.19. The zero-order chi connectivity index (χ0) is 19.3. The first kappa shape index (κ1) is 20.1. The second-order valence-electron chi connectivity index (χ2n) is 8.19. The minimum Gasteiger partial charge on any atom is -0.489 e. The molecular formula is C23H35N3O. The van der Waals surface area contributed by atoms with Crippen LogP contribution in [0.5, 0.6) is 5.75 Å². The Hall–Kier alpha value is -1.62. The van der Waals surface area contributed by atoms with Crippen molar-refractivity contribution in [1.82, 2.24) is 14.7 Å². The summed E-state index contributed by atoms with van der Waals surface area (Å²) in [6, 6.07) is 6.59. The Morgan fingerprint density at radius 3 is 2.56 bits per heavy atom. The molecule has 2 heterocycles. The van der Waals surface area contributed by atoms with E-state index >= 15 is 0 Å². The van der Waals surface area contributed by atoms with Gasteiger partial charge < -0.3 is 9.64 Å². The lowest BCUT2D eigenvalue weighted by molar-refractivity contribution is -0.0205. The SMILES string of the molecule is C=CCOc1ccc(CN2CCC3(CC2)CN(C)CCN3C)cc1CC=C. The third-order valence-electron chi connectivity index (χ3n) is 6.23. The molecule has 1 aromatic carbocycles. The van der Waals surface area contributed by atoms with E-state index in [4.69, 9.17) is 4.74 Å². The molecule has 1 aromatic rings. The van der Waals surface area contributed by atoms with Crippen LogP contribution >= 0.6 is 0 Å². The quantitative estimate of drug-likeness (QED) is 0.687. The third-order valence-corrected chi connectivity index (χ3v) is 6.23. The Morgan fingerprint density at radius 2 is 1.85 bits per heavy atom. The standard InChI is InChI=1S/C23H35N3O/c1-5-7-21-17-20(8-9-22(21)27-16-6-2)18-26-12-10-23(11-13-26)19-24(3)14-15-25(23)4/h5-6,8-9,17H,1-2,7,10-16,18-19H2,3-4H3. The number of ether oxygens (including phenoxy) is 1. The van der Waals surface area contributed by atoms with Crippen molar-refractivity contribution in [2.24, 2.45) is 0 Å². The number of likely N-dealkylation sites (N-methyl/N-ethyl adjacent to an activating group) is 2. The molecule has 0 N–H and O–H groups in total. The summed E-state index contributed by atoms with van der Waals surface area (Å²) < 4.78 is 5.79. The fourth-order valence-corrected chi connectivity index (χ4v) is 4.52. The summed E-state index contributed by atoms with van der Waals surface area (Å²) >= 11 is 0. The van der Waals surface area contributed by atoms with E-state index in [9.17, 15) is 0 Å². The van der Waals surface area contributed by atoms with Crippen molar-refractivity contribution in [2.75, 3.05) is 53.4 Å². The molecule has 2 aliphatic heterocycles. The average molecular weight is 370 g/mol. The van der Waals surface area contributed by atoms with E-state index in [2.05, 4.69) is 60.2 Å². The first-order valence-electron chi connectivity index (χ1n) is 10.1. The van der Waals surface area contributed by atoms with Gasteiger partial charge in [-0.05, 0) is 50.6 Å². The first-order chi connectivity index (χ1) is 13.1. The summed E-state index contributed by atoms with van der Waals surface area (Å²) in [6.45, 7) is 15.1. The van der Waals surface area contributed by atoms with E-state index in [-0.39, 0.29) is 0 Å². The van der Waals surface area contributed by atoms with Gasteiger partial charge in [-0.3, -0.25) is 9.80 Å². The summed E-state index contributed by atoms with van der Waals surface area (Å²) in [7, 11) is 4.57. The zero-order valence-electron chi connectivity index (χ0n) is 17.1. The van der Waals surface area contributed by atoms with Crippen molar-refractivity contribution in [3.05, 3.63) is 54.6 Å². The molecule has 4 nitrogen and oxygen atoms in total. The number of likely N-dealkylation sites (tertiary alicyclic amines) is 1. The summed E-state index contributed by atoms with van der Waals surface area (Å²) in [5.41, 5.74) is 2.95. The van der Waals surface area contributed by atoms with Crippen LogP contribution in [0, 0.1) is 0 Å². The van der Waals surface area contributed by atoms with Gasteiger partial charge in [0.05, 0.1) is 0 Å². The summed E-state index contributed by atoms with van der Waals surface area (Å²) in [5, 5.41) is 0. The molecule has 0 bridgehead atoms. The van der Waals surface area contributed by atoms with Crippen LogP contribution in [0.15, 0.2) is 43.5 Å². The van der Waals surface area contributed by atoms with Gasteiger partial charge in [-0.2, -0.15) is 0 Å². The minimum atomic E-state index is 0.375. The van der Waals surface area contributed by atoms with Gasteiger partial charge in [0.15, 0.2) is 0 Å². The largest absolute Gasteiger partial charge is 0.489 e. The fourth-order valence-electron chi connectivity index (χ4n) is 4.52. The molecular weight excluding hydrogens is 334 g/mol. The average Bonchev–Trinajstić information content (AvgIpc) is 2.67. The summed E-state index contributed by atoms with van der Waals surface area (Å²) in [6.07, 6.45) is 7.08. The van der Waals surface area contributed by atoms with Gasteiger partial charge in [-0.15, -0.1) is 6.58 Å². The molecule has 0 aliphatic carbocycles. The highest BCUT2D eigenvalue weighted by Crippen LogP contribution is 2.32. The molecule has 4 heteroatoms. The lowest BCUT2D eigenvalue weighted by Gasteiger charge is -2.52. The van der Waals surface area contributed by atoms with Gasteiger partial charge in [0, 0.05) is 44.8 Å². The van der Waals surface area contributed by atoms with Crippen LogP contribution in [0.2, 0.25) is 0 Å². The summed E-state index contributed by atoms with van der Waals surface area (Å²) in [5.74, 6) is 0.947. The van der Waals surface area contributed by atoms with Crippen molar-refractivity contribution in [1.29, 1.82) is 0 Å². The Morgan fingerprint density at radius 1 is 1.07 bits per heavy atom. The first-order valence-corrected chi connectivity index (χ1v) is 10.1. The lowest BCUT2D eigenvalue weighted by atomic mass is 9.83. The number of nitrogens with zero attached hydrogens (tertiary/aromatic N) is 3. The number of rotatable bonds is 7. The molecule has 0 radical (unpaired) electrons. The third kappa shape index (κ3) is 4.81. The van der Waals surface area contributed by atoms with Crippen molar-refractivity contribution in [2.45, 2.75) is 31.3 Å². The van der Waals surface area contributed by atoms with E-state index in [1.807, 2.05) is 6.08 Å². The van der Waals surface area contributed by atoms with Gasteiger partial charge in [-0.1, -0.05) is 30.9 Å². The highest BCUT2D eigenvalue weighted by atomic mass is 16.5. The molecule has 0 atom stereocenters. The Kier molecular flexibility index (Phi) is 6.74. The van der Waals surface area contributed by atoms with E-state index in [1.54, 1.807) is 6.08 Å². The summed E-state index contributed by atoms with van der Waals surface area (Å²) in [4.78, 5) is 7.71. The van der Waals surface area contributed by atoms with Gasteiger partial charge in [0.1, 0.15) is 12.4 Å². The van der Waals surface area contributed by atoms with Gasteiger partial charge >= 0.3 is 0 Å². The van der Waals surface area contributed by atoms with E-state index in [1.165, 1.54) is 56.7 Å². The monoisotopic (exact) mass is 369 g/mol. The fraction of sp³-hybridized carbons (Fsp3) is 0.565. The number of piperidine rings is 1. The van der Waals surface area contributed by atoms with Gasteiger partial charge in [0.2, 0.25) is 0 Å². The molecule has 2 saturated heterocycles. The number of benzene rings is 1. The maximum atomic E-state index is 5.79. The molecule has 3 rings (SSSR count). The minimum absolute atomic E-state index is 0.375. The molecule has 1 spiro atoms. The molecule has 27 heavy (non-hydrogen) atoms. The molecule has 2 fully saturated rings. The Labute approximate surface area is 165 Å². The van der Waals surface area contributed by atoms with Crippen LogP contribution < -0.4 is 4.74 Å². The van der Waals surface area contributed by atoms with E-state index in [0.717, 1.165) is 18.7 Å². The number of hydrogen-bond donors (Lipinski definition) is 0. The lowest BCUT2D eigenvalue weighted by Crippen LogP contribution is -2.63. The molecule has 2 aliphatic rings. The topological polar surface area (TPSA) is 19.0 Å². The molecule has 148 valence electrons. The predicted molar refractivity (Wildman–Crippen MR) is 113 cm³/mol. The van der Waals surface area contributed by atoms with Crippen molar-refractivity contribution in [3.63, 3.8) is 0 Å². The zero-order valence-corrected chi connectivity index (χ0v) is 17.1.